The lowest BCUT2D eigenvalue weighted by Crippen LogP contribution is -2.20. The van der Waals surface area contributed by atoms with Crippen LogP contribution in [0.4, 0.5) is 4.39 Å². The van der Waals surface area contributed by atoms with Gasteiger partial charge in [0, 0.05) is 1.37 Å². The van der Waals surface area contributed by atoms with Gasteiger partial charge in [-0.2, -0.15) is 0 Å². The largest absolute Gasteiger partial charge is 0.298 e. The van der Waals surface area contributed by atoms with Crippen molar-refractivity contribution in [3.8, 4) is 0 Å². The number of carbonyl (C=O) groups is 1. The molecule has 0 aromatic heterocycles. The van der Waals surface area contributed by atoms with Gasteiger partial charge in [-0.15, -0.1) is 0 Å². The van der Waals surface area contributed by atoms with E-state index in [-0.39, 0.29) is 10.4 Å². The molecule has 1 aliphatic carbocycles. The SMILES string of the molecule is [2H]C(C1=C(C=O)CCC(C)(C)C1)c1ccc(Cl)c(F)c1. The van der Waals surface area contributed by atoms with Crippen molar-refractivity contribution in [3.05, 3.63) is 45.7 Å². The van der Waals surface area contributed by atoms with Gasteiger partial charge in [-0.3, -0.25) is 4.79 Å². The van der Waals surface area contributed by atoms with Crippen LogP contribution in [0.3, 0.4) is 0 Å². The first-order chi connectivity index (χ1) is 9.34. The molecule has 0 N–H and O–H groups in total. The second kappa shape index (κ2) is 5.46. The Morgan fingerprint density at radius 1 is 1.53 bits per heavy atom. The zero-order valence-corrected chi connectivity index (χ0v) is 11.9. The van der Waals surface area contributed by atoms with Gasteiger partial charge in [-0.1, -0.05) is 37.1 Å². The molecule has 19 heavy (non-hydrogen) atoms. The Balaban J connectivity index is 2.38. The molecule has 0 saturated carbocycles. The summed E-state index contributed by atoms with van der Waals surface area (Å²) in [6.45, 7) is 4.26. The fourth-order valence-corrected chi connectivity index (χ4v) is 2.55. The standard InChI is InChI=1S/C16H18ClFO/c1-16(2)6-5-12(10-19)13(9-16)7-11-3-4-14(17)15(18)8-11/h3-4,8,10H,5-7,9H2,1-2H3/i7D. The van der Waals surface area contributed by atoms with E-state index in [1.54, 1.807) is 6.07 Å². The van der Waals surface area contributed by atoms with Gasteiger partial charge in [0.2, 0.25) is 0 Å². The van der Waals surface area contributed by atoms with Gasteiger partial charge in [-0.05, 0) is 54.3 Å². The summed E-state index contributed by atoms with van der Waals surface area (Å²) < 4.78 is 21.9. The number of allylic oxidation sites excluding steroid dienone is 2. The molecule has 1 nitrogen and oxygen atoms in total. The van der Waals surface area contributed by atoms with Crippen LogP contribution in [0.1, 0.15) is 40.0 Å². The first-order valence-corrected chi connectivity index (χ1v) is 6.76. The predicted octanol–water partition coefficient (Wildman–Crippen LogP) is 4.73. The molecule has 0 bridgehead atoms. The van der Waals surface area contributed by atoms with Crippen LogP contribution in [0, 0.1) is 11.2 Å². The number of hydrogen-bond donors (Lipinski definition) is 0. The Morgan fingerprint density at radius 3 is 2.89 bits per heavy atom. The average Bonchev–Trinajstić information content (AvgIpc) is 2.40. The Bertz CT molecular complexity index is 566. The second-order valence-electron chi connectivity index (χ2n) is 5.83. The van der Waals surface area contributed by atoms with Gasteiger partial charge < -0.3 is 0 Å². The molecule has 0 fully saturated rings. The molecule has 102 valence electrons. The van der Waals surface area contributed by atoms with E-state index in [0.29, 0.717) is 24.0 Å². The lowest BCUT2D eigenvalue weighted by molar-refractivity contribution is -0.105. The predicted molar refractivity (Wildman–Crippen MR) is 75.8 cm³/mol. The first-order valence-electron chi connectivity index (χ1n) is 6.96. The normalized spacial score (nSPS) is 20.9. The van der Waals surface area contributed by atoms with Crippen molar-refractivity contribution in [3.63, 3.8) is 0 Å². The fourth-order valence-electron chi connectivity index (χ4n) is 2.43. The molecule has 1 aliphatic rings. The molecule has 0 heterocycles. The maximum atomic E-state index is 13.5. The summed E-state index contributed by atoms with van der Waals surface area (Å²) in [6, 6.07) is 4.40. The van der Waals surface area contributed by atoms with E-state index < -0.39 is 12.2 Å². The zero-order valence-electron chi connectivity index (χ0n) is 12.2. The molecule has 0 radical (unpaired) electrons. The van der Waals surface area contributed by atoms with Crippen LogP contribution in [0.15, 0.2) is 29.3 Å². The second-order valence-corrected chi connectivity index (χ2v) is 6.23. The molecular formula is C16H18ClFO. The van der Waals surface area contributed by atoms with Crippen molar-refractivity contribution in [1.82, 2.24) is 0 Å². The minimum absolute atomic E-state index is 0.0505. The Hall–Kier alpha value is -1.15. The van der Waals surface area contributed by atoms with Crippen molar-refractivity contribution in [2.45, 2.75) is 39.5 Å². The molecule has 0 saturated heterocycles. The van der Waals surface area contributed by atoms with Crippen molar-refractivity contribution >= 4 is 17.9 Å². The summed E-state index contributed by atoms with van der Waals surface area (Å²) in [5.41, 5.74) is 2.11. The molecular weight excluding hydrogens is 263 g/mol. The highest BCUT2D eigenvalue weighted by Crippen LogP contribution is 2.39. The minimum atomic E-state index is -0.707. The van der Waals surface area contributed by atoms with Gasteiger partial charge >= 0.3 is 0 Å². The first kappa shape index (κ1) is 12.9. The van der Waals surface area contributed by atoms with Crippen LogP contribution >= 0.6 is 11.6 Å². The summed E-state index contributed by atoms with van der Waals surface area (Å²) in [7, 11) is 0. The monoisotopic (exact) mass is 281 g/mol. The van der Waals surface area contributed by atoms with Gasteiger partial charge in [0.25, 0.3) is 0 Å². The average molecular weight is 282 g/mol. The summed E-state index contributed by atoms with van der Waals surface area (Å²) in [6.07, 6.45) is 2.46. The molecule has 0 amide bonds. The van der Waals surface area contributed by atoms with Crippen molar-refractivity contribution in [1.29, 1.82) is 0 Å². The molecule has 0 spiro atoms. The van der Waals surface area contributed by atoms with E-state index in [9.17, 15) is 9.18 Å². The highest BCUT2D eigenvalue weighted by atomic mass is 35.5. The summed E-state index contributed by atoms with van der Waals surface area (Å²) >= 11 is 5.67. The number of aldehydes is 1. The highest BCUT2D eigenvalue weighted by Gasteiger charge is 2.26. The molecule has 1 unspecified atom stereocenters. The third-order valence-corrected chi connectivity index (χ3v) is 3.89. The van der Waals surface area contributed by atoms with Gasteiger partial charge in [0.15, 0.2) is 0 Å². The Kier molecular flexibility index (Phi) is 3.69. The van der Waals surface area contributed by atoms with Gasteiger partial charge in [0.05, 0.1) is 5.02 Å². The highest BCUT2D eigenvalue weighted by molar-refractivity contribution is 6.30. The van der Waals surface area contributed by atoms with Crippen LogP contribution in [-0.4, -0.2) is 6.29 Å². The van der Waals surface area contributed by atoms with E-state index in [1.165, 1.54) is 12.1 Å². The molecule has 3 heteroatoms. The lowest BCUT2D eigenvalue weighted by atomic mass is 9.73. The quantitative estimate of drug-likeness (QED) is 0.732. The van der Waals surface area contributed by atoms with Crippen LogP contribution in [0.25, 0.3) is 0 Å². The molecule has 0 aliphatic heterocycles. The van der Waals surface area contributed by atoms with E-state index >= 15 is 0 Å². The Morgan fingerprint density at radius 2 is 2.26 bits per heavy atom. The minimum Gasteiger partial charge on any atom is -0.298 e. The number of carbonyl (C=O) groups excluding carboxylic acids is 1. The summed E-state index contributed by atoms with van der Waals surface area (Å²) in [4.78, 5) is 11.2. The maximum absolute atomic E-state index is 13.5. The van der Waals surface area contributed by atoms with Crippen LogP contribution < -0.4 is 0 Å². The lowest BCUT2D eigenvalue weighted by Gasteiger charge is -2.32. The molecule has 1 atom stereocenters. The van der Waals surface area contributed by atoms with Crippen molar-refractivity contribution in [2.24, 2.45) is 5.41 Å². The third-order valence-electron chi connectivity index (χ3n) is 3.58. The van der Waals surface area contributed by atoms with E-state index in [4.69, 9.17) is 13.0 Å². The summed E-state index contributed by atoms with van der Waals surface area (Å²) in [5.74, 6) is -0.523. The zero-order chi connectivity index (χ0) is 14.9. The van der Waals surface area contributed by atoms with Gasteiger partial charge in [-0.25, -0.2) is 4.39 Å². The molecule has 1 aromatic carbocycles. The smallest absolute Gasteiger partial charge is 0.145 e. The fraction of sp³-hybridized carbons (Fsp3) is 0.438. The van der Waals surface area contributed by atoms with Crippen LogP contribution in [0.5, 0.6) is 0 Å². The number of halogens is 2. The number of rotatable bonds is 3. The maximum Gasteiger partial charge on any atom is 0.145 e. The summed E-state index contributed by atoms with van der Waals surface area (Å²) in [5, 5.41) is 0.0505. The topological polar surface area (TPSA) is 17.1 Å². The third kappa shape index (κ3) is 3.44. The number of hydrogen-bond acceptors (Lipinski definition) is 1. The van der Waals surface area contributed by atoms with Crippen LogP contribution in [0.2, 0.25) is 5.02 Å². The molecule has 2 rings (SSSR count). The molecule has 1 aromatic rings. The van der Waals surface area contributed by atoms with Crippen LogP contribution in [-0.2, 0) is 11.2 Å². The van der Waals surface area contributed by atoms with Crippen molar-refractivity contribution < 1.29 is 10.6 Å². The van der Waals surface area contributed by atoms with E-state index in [2.05, 4.69) is 13.8 Å². The number of benzene rings is 1. The van der Waals surface area contributed by atoms with Gasteiger partial charge in [0.1, 0.15) is 12.1 Å². The van der Waals surface area contributed by atoms with Crippen molar-refractivity contribution in [2.75, 3.05) is 0 Å². The van der Waals surface area contributed by atoms with E-state index in [0.717, 1.165) is 18.3 Å². The van der Waals surface area contributed by atoms with E-state index in [1.807, 2.05) is 0 Å². The Labute approximate surface area is 119 Å².